The average molecular weight is 1310 g/mol. The normalized spacial score (nSPS) is 34.8. The van der Waals surface area contributed by atoms with E-state index in [9.17, 15) is 47.9 Å². The standard InChI is InChI=1S/C15H22O7.C14H20O4.C13H18O5.C13H20O4.C10H16O4.3CH4/c1-6-14(2,3)13(17)20-9-7-8(18-11(9)16)10-12(19-7)22-15(4,5)21-10;1-4-14(2,3)13(16)18-10-7-5-8-9(6-7)12(15)17-11(8)10;1-4-13(2,3)12(15)18-9-7-5-6-8(16-7)10(9)17-11(6)14;1-4-13(2,3)12(15)17-10-8-6-5-7-9(8)16-11(10)14;1-4-10(2,3)9(12)14-7-5-8(11)13-6-7;;;/h7-10,12H,6H2,1-5H3;7-11H,4-6H2,1-3H3;6-10H,4-5H2,1-3H3;8-10H,4-7H2,1-3H3;7H,4-6H2,1-3H3;3*1H4. The highest BCUT2D eigenvalue weighted by Gasteiger charge is 2.67. The first kappa shape index (κ1) is 77.2. The number of fused-ring (bicyclic) bond motifs is 6. The second-order valence-electron chi connectivity index (χ2n) is 29.3. The van der Waals surface area contributed by atoms with Crippen molar-refractivity contribution >= 4 is 59.7 Å². The first-order chi connectivity index (χ1) is 41.4. The lowest BCUT2D eigenvalue weighted by atomic mass is 9.87. The van der Waals surface area contributed by atoms with Crippen LogP contribution in [0, 0.1) is 56.7 Å². The second-order valence-corrected chi connectivity index (χ2v) is 29.3. The fraction of sp³-hybridized carbons (Fsp3) is 0.853. The van der Waals surface area contributed by atoms with Gasteiger partial charge in [-0.1, -0.05) is 56.9 Å². The summed E-state index contributed by atoms with van der Waals surface area (Å²) in [7, 11) is 0. The van der Waals surface area contributed by atoms with Crippen molar-refractivity contribution in [1.82, 2.24) is 0 Å². The Morgan fingerprint density at radius 2 is 0.935 bits per heavy atom. The molecule has 0 amide bonds. The van der Waals surface area contributed by atoms with Crippen molar-refractivity contribution in [2.45, 2.75) is 308 Å². The lowest BCUT2D eigenvalue weighted by Crippen LogP contribution is -2.42. The first-order valence-corrected chi connectivity index (χ1v) is 32.1. The summed E-state index contributed by atoms with van der Waals surface area (Å²) in [4.78, 5) is 117. The number of carbonyl (C=O) groups is 10. The number of hydrogen-bond donors (Lipinski definition) is 0. The minimum absolute atomic E-state index is 0. The minimum Gasteiger partial charge on any atom is -0.462 e. The molecule has 0 aromatic heterocycles. The Bertz CT molecular complexity index is 2630. The van der Waals surface area contributed by atoms with Crippen molar-refractivity contribution in [3.8, 4) is 0 Å². The third-order valence-electron chi connectivity index (χ3n) is 20.6. The summed E-state index contributed by atoms with van der Waals surface area (Å²) in [5, 5.41) is 0. The van der Waals surface area contributed by atoms with Gasteiger partial charge < -0.3 is 66.3 Å². The summed E-state index contributed by atoms with van der Waals surface area (Å²) < 4.78 is 75.7. The molecule has 0 N–H and O–H groups in total. The number of carbonyl (C=O) groups excluding carboxylic acids is 10. The molecule has 92 heavy (non-hydrogen) atoms. The number of esters is 10. The van der Waals surface area contributed by atoms with Crippen LogP contribution >= 0.6 is 0 Å². The summed E-state index contributed by atoms with van der Waals surface area (Å²) in [6.45, 7) is 31.8. The predicted octanol–water partition coefficient (Wildman–Crippen LogP) is 9.35. The number of ether oxygens (including phenoxy) is 14. The van der Waals surface area contributed by atoms with Gasteiger partial charge >= 0.3 is 59.7 Å². The SMILES string of the molecule is C.C.C.CCC(C)(C)C(=O)OC1C(=O)OC2C3OC(C)(C)OC3OC12.CCC(C)(C)C(=O)OC1C(=O)OC2CCCC21.CCC(C)(C)C(=O)OC1C2CC3C(=O)OC1C3C2.CCC(C)(C)C(=O)OC1C2CC3C(=O)OC1C3O2.CCC(C)(C)C(=O)OC1COC(=O)C1. The van der Waals surface area contributed by atoms with Crippen molar-refractivity contribution < 1.29 is 114 Å². The molecule has 0 aromatic rings. The average Bonchev–Trinajstić information content (AvgIpc) is 1.60. The summed E-state index contributed by atoms with van der Waals surface area (Å²) in [6.07, 6.45) is 2.87. The van der Waals surface area contributed by atoms with Gasteiger partial charge in [-0.3, -0.25) is 38.4 Å². The number of rotatable bonds is 15. The van der Waals surface area contributed by atoms with Gasteiger partial charge in [0.05, 0.1) is 51.4 Å². The van der Waals surface area contributed by atoms with Crippen molar-refractivity contribution in [3.05, 3.63) is 0 Å². The van der Waals surface area contributed by atoms with E-state index in [2.05, 4.69) is 0 Å². The van der Waals surface area contributed by atoms with Crippen molar-refractivity contribution in [3.63, 3.8) is 0 Å². The predicted molar refractivity (Wildman–Crippen MR) is 328 cm³/mol. The molecule has 3 saturated carbocycles. The molecule has 19 unspecified atom stereocenters. The summed E-state index contributed by atoms with van der Waals surface area (Å²) >= 11 is 0. The number of cyclic esters (lactones) is 1. The van der Waals surface area contributed by atoms with Gasteiger partial charge in [0, 0.05) is 17.8 Å². The molecule has 9 aliphatic heterocycles. The molecule has 0 spiro atoms. The van der Waals surface area contributed by atoms with Gasteiger partial charge in [0.15, 0.2) is 36.5 Å². The van der Waals surface area contributed by atoms with E-state index in [0.29, 0.717) is 43.9 Å². The van der Waals surface area contributed by atoms with Crippen LogP contribution in [-0.2, 0) is 114 Å². The Kier molecular flexibility index (Phi) is 24.6. The fourth-order valence-corrected chi connectivity index (χ4v) is 12.5. The van der Waals surface area contributed by atoms with Gasteiger partial charge in [-0.2, -0.15) is 0 Å². The number of hydrogen-bond acceptors (Lipinski definition) is 24. The van der Waals surface area contributed by atoms with E-state index in [4.69, 9.17) is 66.3 Å². The van der Waals surface area contributed by atoms with Crippen LogP contribution in [0.15, 0.2) is 0 Å². The fourth-order valence-electron chi connectivity index (χ4n) is 12.5. The molecule has 9 saturated heterocycles. The molecule has 9 heterocycles. The van der Waals surface area contributed by atoms with Gasteiger partial charge in [0.2, 0.25) is 12.2 Å². The van der Waals surface area contributed by atoms with E-state index in [0.717, 1.165) is 38.5 Å². The molecular weight excluding hydrogens is 1200 g/mol. The van der Waals surface area contributed by atoms with E-state index < -0.39 is 93.8 Å². The van der Waals surface area contributed by atoms with Crippen molar-refractivity contribution in [2.24, 2.45) is 56.7 Å². The molecular formula is C68H108O24. The van der Waals surface area contributed by atoms with Gasteiger partial charge in [0.1, 0.15) is 43.2 Å². The van der Waals surface area contributed by atoms with E-state index in [1.807, 2.05) is 90.0 Å². The molecule has 12 aliphatic rings. The highest BCUT2D eigenvalue weighted by molar-refractivity contribution is 5.85. The maximum Gasteiger partial charge on any atom is 0.350 e. The van der Waals surface area contributed by atoms with Crippen molar-refractivity contribution in [1.29, 1.82) is 0 Å². The molecule has 24 nitrogen and oxygen atoms in total. The van der Waals surface area contributed by atoms with E-state index >= 15 is 0 Å². The zero-order valence-corrected chi connectivity index (χ0v) is 55.0. The smallest absolute Gasteiger partial charge is 0.350 e. The first-order valence-electron chi connectivity index (χ1n) is 32.1. The van der Waals surface area contributed by atoms with Crippen LogP contribution in [0.25, 0.3) is 0 Å². The third-order valence-corrected chi connectivity index (χ3v) is 20.6. The van der Waals surface area contributed by atoms with Gasteiger partial charge in [-0.25, -0.2) is 9.59 Å². The van der Waals surface area contributed by atoms with Crippen LogP contribution in [0.3, 0.4) is 0 Å². The maximum atomic E-state index is 12.2. The summed E-state index contributed by atoms with van der Waals surface area (Å²) in [6, 6.07) is 0. The van der Waals surface area contributed by atoms with Crippen molar-refractivity contribution in [2.75, 3.05) is 6.61 Å². The van der Waals surface area contributed by atoms with Gasteiger partial charge in [-0.05, 0) is 154 Å². The zero-order valence-electron chi connectivity index (χ0n) is 55.0. The quantitative estimate of drug-likeness (QED) is 0.109. The third kappa shape index (κ3) is 15.9. The largest absolute Gasteiger partial charge is 0.462 e. The molecule has 24 heteroatoms. The topological polar surface area (TPSA) is 300 Å². The Morgan fingerprint density at radius 1 is 0.457 bits per heavy atom. The summed E-state index contributed by atoms with van der Waals surface area (Å²) in [5.41, 5.74) is -2.64. The Balaban J connectivity index is 0.000000208. The van der Waals surface area contributed by atoms with E-state index in [-0.39, 0.29) is 137 Å². The molecule has 4 bridgehead atoms. The molecule has 12 fully saturated rings. The molecule has 0 radical (unpaired) electrons. The minimum atomic E-state index is -1.07. The van der Waals surface area contributed by atoms with Crippen LogP contribution in [0.5, 0.6) is 0 Å². The second kappa shape index (κ2) is 29.3. The molecule has 19 atom stereocenters. The highest BCUT2D eigenvalue weighted by atomic mass is 16.9. The molecule has 0 aromatic carbocycles. The summed E-state index contributed by atoms with van der Waals surface area (Å²) in [5.74, 6) is -3.10. The van der Waals surface area contributed by atoms with Crippen LogP contribution in [0.1, 0.15) is 217 Å². The zero-order chi connectivity index (χ0) is 65.8. The monoisotopic (exact) mass is 1310 g/mol. The lowest BCUT2D eigenvalue weighted by Gasteiger charge is -2.29. The van der Waals surface area contributed by atoms with Crippen LogP contribution < -0.4 is 0 Å². The molecule has 524 valence electrons. The van der Waals surface area contributed by atoms with Crippen LogP contribution in [0.2, 0.25) is 0 Å². The highest BCUT2D eigenvalue weighted by Crippen LogP contribution is 2.56. The molecule has 3 aliphatic carbocycles. The van der Waals surface area contributed by atoms with Gasteiger partial charge in [0.25, 0.3) is 0 Å². The maximum absolute atomic E-state index is 12.2. The Labute approximate surface area is 543 Å². The van der Waals surface area contributed by atoms with Crippen LogP contribution in [-0.4, -0.2) is 158 Å². The van der Waals surface area contributed by atoms with E-state index in [1.165, 1.54) is 0 Å². The van der Waals surface area contributed by atoms with Gasteiger partial charge in [-0.15, -0.1) is 0 Å². The lowest BCUT2D eigenvalue weighted by molar-refractivity contribution is -0.217. The molecule has 12 rings (SSSR count). The van der Waals surface area contributed by atoms with E-state index in [1.54, 1.807) is 27.7 Å². The Morgan fingerprint density at radius 3 is 1.47 bits per heavy atom. The Hall–Kier alpha value is -5.46. The van der Waals surface area contributed by atoms with Crippen LogP contribution in [0.4, 0.5) is 0 Å².